The van der Waals surface area contributed by atoms with E-state index in [-0.39, 0.29) is 5.91 Å². The van der Waals surface area contributed by atoms with Crippen LogP contribution in [0.1, 0.15) is 11.1 Å². The van der Waals surface area contributed by atoms with Crippen molar-refractivity contribution in [3.8, 4) is 11.5 Å². The summed E-state index contributed by atoms with van der Waals surface area (Å²) >= 11 is 5.98. The first-order valence-corrected chi connectivity index (χ1v) is 8.21. The molecule has 1 aromatic heterocycles. The molecule has 3 aromatic rings. The van der Waals surface area contributed by atoms with Gasteiger partial charge in [-0.15, -0.1) is 0 Å². The van der Waals surface area contributed by atoms with Crippen LogP contribution in [0.3, 0.4) is 0 Å². The van der Waals surface area contributed by atoms with Crippen molar-refractivity contribution in [3.63, 3.8) is 0 Å². The van der Waals surface area contributed by atoms with Crippen LogP contribution in [0.4, 0.5) is 0 Å². The molecule has 2 aromatic carbocycles. The lowest BCUT2D eigenvalue weighted by Crippen LogP contribution is -2.24. The fourth-order valence-electron chi connectivity index (χ4n) is 2.73. The second-order valence-electron chi connectivity index (χ2n) is 5.65. The number of hydrogen-bond acceptors (Lipinski definition) is 3. The van der Waals surface area contributed by atoms with Crippen LogP contribution in [0, 0.1) is 0 Å². The van der Waals surface area contributed by atoms with Crippen LogP contribution in [-0.2, 0) is 17.8 Å². The summed E-state index contributed by atoms with van der Waals surface area (Å²) in [6.07, 6.45) is 2.14. The fraction of sp³-hybridized carbons (Fsp3) is 0.211. The molecule has 2 N–H and O–H groups in total. The number of rotatable bonds is 6. The van der Waals surface area contributed by atoms with Gasteiger partial charge in [-0.3, -0.25) is 4.79 Å². The van der Waals surface area contributed by atoms with Crippen molar-refractivity contribution >= 4 is 28.4 Å². The molecule has 0 fully saturated rings. The van der Waals surface area contributed by atoms with E-state index in [0.717, 1.165) is 22.0 Å². The number of amides is 1. The lowest BCUT2D eigenvalue weighted by atomic mass is 10.1. The summed E-state index contributed by atoms with van der Waals surface area (Å²) in [6.45, 7) is 0.424. The molecule has 0 radical (unpaired) electrons. The molecule has 6 heteroatoms. The maximum atomic E-state index is 12.3. The third kappa shape index (κ3) is 3.88. The fourth-order valence-corrected chi connectivity index (χ4v) is 2.90. The first-order valence-electron chi connectivity index (χ1n) is 7.84. The van der Waals surface area contributed by atoms with Crippen molar-refractivity contribution in [2.45, 2.75) is 13.0 Å². The summed E-state index contributed by atoms with van der Waals surface area (Å²) in [5.74, 6) is 1.25. The van der Waals surface area contributed by atoms with Crippen molar-refractivity contribution in [3.05, 3.63) is 58.7 Å². The zero-order chi connectivity index (χ0) is 17.8. The van der Waals surface area contributed by atoms with Gasteiger partial charge >= 0.3 is 0 Å². The Balaban J connectivity index is 1.64. The highest BCUT2D eigenvalue weighted by atomic mass is 35.5. The summed E-state index contributed by atoms with van der Waals surface area (Å²) in [4.78, 5) is 15.4. The second kappa shape index (κ2) is 7.49. The Morgan fingerprint density at radius 3 is 2.68 bits per heavy atom. The number of halogens is 1. The van der Waals surface area contributed by atoms with E-state index in [1.165, 1.54) is 0 Å². The number of carbonyl (C=O) groups excluding carboxylic acids is 1. The van der Waals surface area contributed by atoms with Crippen LogP contribution >= 0.6 is 11.6 Å². The molecule has 0 atom stereocenters. The zero-order valence-corrected chi connectivity index (χ0v) is 14.8. The molecule has 0 unspecified atom stereocenters. The Bertz CT molecular complexity index is 905. The number of ether oxygens (including phenoxy) is 2. The van der Waals surface area contributed by atoms with E-state index >= 15 is 0 Å². The molecule has 1 amide bonds. The monoisotopic (exact) mass is 358 g/mol. The lowest BCUT2D eigenvalue weighted by Gasteiger charge is -2.10. The zero-order valence-electron chi connectivity index (χ0n) is 14.1. The third-order valence-corrected chi connectivity index (χ3v) is 4.25. The Hall–Kier alpha value is -2.66. The topological polar surface area (TPSA) is 63.3 Å². The van der Waals surface area contributed by atoms with Gasteiger partial charge in [0.2, 0.25) is 5.91 Å². The molecular formula is C19H19ClN2O3. The van der Waals surface area contributed by atoms with Gasteiger partial charge in [0.25, 0.3) is 0 Å². The minimum atomic E-state index is -0.0503. The average molecular weight is 359 g/mol. The molecule has 3 rings (SSSR count). The lowest BCUT2D eigenvalue weighted by molar-refractivity contribution is -0.120. The first kappa shape index (κ1) is 17.2. The number of benzene rings is 2. The number of aromatic amines is 1. The van der Waals surface area contributed by atoms with E-state index < -0.39 is 0 Å². The number of fused-ring (bicyclic) bond motifs is 1. The molecule has 5 nitrogen and oxygen atoms in total. The Labute approximate surface area is 150 Å². The Morgan fingerprint density at radius 1 is 1.12 bits per heavy atom. The minimum Gasteiger partial charge on any atom is -0.493 e. The van der Waals surface area contributed by atoms with Crippen molar-refractivity contribution in [2.75, 3.05) is 14.2 Å². The average Bonchev–Trinajstić information content (AvgIpc) is 3.01. The van der Waals surface area contributed by atoms with Gasteiger partial charge in [-0.1, -0.05) is 23.7 Å². The normalized spacial score (nSPS) is 10.7. The Kier molecular flexibility index (Phi) is 5.14. The highest BCUT2D eigenvalue weighted by Crippen LogP contribution is 2.27. The molecule has 130 valence electrons. The van der Waals surface area contributed by atoms with E-state index in [1.807, 2.05) is 42.6 Å². The van der Waals surface area contributed by atoms with Gasteiger partial charge in [-0.05, 0) is 35.4 Å². The van der Waals surface area contributed by atoms with Crippen molar-refractivity contribution < 1.29 is 14.3 Å². The third-order valence-electron chi connectivity index (χ3n) is 4.02. The molecule has 0 saturated heterocycles. The molecule has 0 spiro atoms. The van der Waals surface area contributed by atoms with Crippen LogP contribution in [-0.4, -0.2) is 25.1 Å². The van der Waals surface area contributed by atoms with E-state index in [0.29, 0.717) is 29.5 Å². The van der Waals surface area contributed by atoms with Gasteiger partial charge in [-0.25, -0.2) is 0 Å². The summed E-state index contributed by atoms with van der Waals surface area (Å²) in [5, 5.41) is 4.60. The minimum absolute atomic E-state index is 0.0503. The smallest absolute Gasteiger partial charge is 0.224 e. The van der Waals surface area contributed by atoms with Crippen LogP contribution in [0.15, 0.2) is 42.6 Å². The molecular weight excluding hydrogens is 340 g/mol. The standard InChI is InChI=1S/C19H19ClN2O3/c1-24-17-6-3-12(7-18(17)25-2)10-22-19(23)8-13-11-21-16-9-14(20)4-5-15(13)16/h3-7,9,11,21H,8,10H2,1-2H3,(H,22,23). The van der Waals surface area contributed by atoms with Crippen LogP contribution in [0.25, 0.3) is 10.9 Å². The molecule has 25 heavy (non-hydrogen) atoms. The maximum Gasteiger partial charge on any atom is 0.224 e. The van der Waals surface area contributed by atoms with Gasteiger partial charge in [0.1, 0.15) is 0 Å². The van der Waals surface area contributed by atoms with Gasteiger partial charge in [0, 0.05) is 28.7 Å². The molecule has 0 aliphatic carbocycles. The summed E-state index contributed by atoms with van der Waals surface area (Å²) in [7, 11) is 3.18. The SMILES string of the molecule is COc1ccc(CNC(=O)Cc2c[nH]c3cc(Cl)ccc23)cc1OC. The molecule has 0 aliphatic rings. The number of methoxy groups -OCH3 is 2. The van der Waals surface area contributed by atoms with E-state index in [4.69, 9.17) is 21.1 Å². The van der Waals surface area contributed by atoms with Gasteiger partial charge in [0.15, 0.2) is 11.5 Å². The van der Waals surface area contributed by atoms with E-state index in [1.54, 1.807) is 14.2 Å². The van der Waals surface area contributed by atoms with Crippen molar-refractivity contribution in [1.82, 2.24) is 10.3 Å². The number of aromatic nitrogens is 1. The predicted molar refractivity (Wildman–Crippen MR) is 98.4 cm³/mol. The number of carbonyl (C=O) groups is 1. The van der Waals surface area contributed by atoms with E-state index in [9.17, 15) is 4.79 Å². The van der Waals surface area contributed by atoms with Crippen LogP contribution in [0.5, 0.6) is 11.5 Å². The molecule has 0 aliphatic heterocycles. The van der Waals surface area contributed by atoms with Crippen LogP contribution in [0.2, 0.25) is 5.02 Å². The van der Waals surface area contributed by atoms with Gasteiger partial charge in [0.05, 0.1) is 20.6 Å². The summed E-state index contributed by atoms with van der Waals surface area (Å²) < 4.78 is 10.5. The molecule has 1 heterocycles. The molecule has 0 saturated carbocycles. The van der Waals surface area contributed by atoms with Crippen LogP contribution < -0.4 is 14.8 Å². The number of H-pyrrole nitrogens is 1. The number of nitrogens with one attached hydrogen (secondary N) is 2. The largest absolute Gasteiger partial charge is 0.493 e. The molecule has 0 bridgehead atoms. The highest BCUT2D eigenvalue weighted by molar-refractivity contribution is 6.31. The second-order valence-corrected chi connectivity index (χ2v) is 6.08. The predicted octanol–water partition coefficient (Wildman–Crippen LogP) is 3.70. The quantitative estimate of drug-likeness (QED) is 0.706. The highest BCUT2D eigenvalue weighted by Gasteiger charge is 2.10. The van der Waals surface area contributed by atoms with Gasteiger partial charge in [-0.2, -0.15) is 0 Å². The van der Waals surface area contributed by atoms with Crippen molar-refractivity contribution in [2.24, 2.45) is 0 Å². The van der Waals surface area contributed by atoms with E-state index in [2.05, 4.69) is 10.3 Å². The number of hydrogen-bond donors (Lipinski definition) is 2. The summed E-state index contributed by atoms with van der Waals surface area (Å²) in [5.41, 5.74) is 2.81. The van der Waals surface area contributed by atoms with Crippen molar-refractivity contribution in [1.29, 1.82) is 0 Å². The Morgan fingerprint density at radius 2 is 1.92 bits per heavy atom. The van der Waals surface area contributed by atoms with Gasteiger partial charge < -0.3 is 19.8 Å². The maximum absolute atomic E-state index is 12.3. The first-order chi connectivity index (χ1) is 12.1. The summed E-state index contributed by atoms with van der Waals surface area (Å²) in [6, 6.07) is 11.2.